The van der Waals surface area contributed by atoms with Crippen LogP contribution in [0.2, 0.25) is 0 Å². The van der Waals surface area contributed by atoms with Gasteiger partial charge < -0.3 is 15.0 Å². The number of anilines is 1. The molecular formula is C22H27N5O. The minimum absolute atomic E-state index is 0.725. The fraction of sp³-hybridized carbons (Fsp3) is 0.364. The van der Waals surface area contributed by atoms with E-state index in [0.29, 0.717) is 0 Å². The monoisotopic (exact) mass is 377 g/mol. The highest BCUT2D eigenvalue weighted by Gasteiger charge is 2.14. The van der Waals surface area contributed by atoms with Crippen LogP contribution in [-0.4, -0.2) is 73.2 Å². The molecule has 146 valence electrons. The van der Waals surface area contributed by atoms with E-state index >= 15 is 0 Å². The lowest BCUT2D eigenvalue weighted by Crippen LogP contribution is -2.45. The maximum atomic E-state index is 5.26. The van der Waals surface area contributed by atoms with Crippen molar-refractivity contribution in [1.29, 1.82) is 0 Å². The summed E-state index contributed by atoms with van der Waals surface area (Å²) in [5.74, 6) is 2.45. The smallest absolute Gasteiger partial charge is 0.162 e. The summed E-state index contributed by atoms with van der Waals surface area (Å²) in [5, 5.41) is 4.60. The van der Waals surface area contributed by atoms with Crippen molar-refractivity contribution >= 4 is 16.7 Å². The van der Waals surface area contributed by atoms with Gasteiger partial charge in [0.25, 0.3) is 0 Å². The summed E-state index contributed by atoms with van der Waals surface area (Å²) in [6, 6.07) is 16.0. The van der Waals surface area contributed by atoms with Gasteiger partial charge in [0.15, 0.2) is 5.82 Å². The number of para-hydroxylation sites is 1. The summed E-state index contributed by atoms with van der Waals surface area (Å²) in [4.78, 5) is 14.5. The number of methoxy groups -OCH3 is 1. The third-order valence-electron chi connectivity index (χ3n) is 5.27. The number of nitrogens with zero attached hydrogens (tertiary/aromatic N) is 4. The van der Waals surface area contributed by atoms with Gasteiger partial charge in [-0.05, 0) is 43.4 Å². The zero-order valence-electron chi connectivity index (χ0n) is 16.6. The number of piperazine rings is 1. The molecule has 1 N–H and O–H groups in total. The first-order chi connectivity index (χ1) is 13.7. The quantitative estimate of drug-likeness (QED) is 0.713. The van der Waals surface area contributed by atoms with Gasteiger partial charge in [-0.25, -0.2) is 9.97 Å². The molecule has 6 heteroatoms. The highest BCUT2D eigenvalue weighted by molar-refractivity contribution is 5.90. The van der Waals surface area contributed by atoms with Crippen LogP contribution in [0.3, 0.4) is 0 Å². The molecule has 1 aromatic heterocycles. The normalized spacial score (nSPS) is 15.6. The van der Waals surface area contributed by atoms with E-state index in [-0.39, 0.29) is 0 Å². The predicted molar refractivity (Wildman–Crippen MR) is 114 cm³/mol. The number of hydrogen-bond acceptors (Lipinski definition) is 6. The number of hydrogen-bond donors (Lipinski definition) is 1. The molecule has 2 heterocycles. The molecule has 0 aliphatic carbocycles. The minimum atomic E-state index is 0.725. The van der Waals surface area contributed by atoms with Gasteiger partial charge in [-0.15, -0.1) is 0 Å². The second-order valence-corrected chi connectivity index (χ2v) is 7.21. The van der Waals surface area contributed by atoms with E-state index in [2.05, 4.69) is 28.2 Å². The largest absolute Gasteiger partial charge is 0.497 e. The molecule has 28 heavy (non-hydrogen) atoms. The van der Waals surface area contributed by atoms with Gasteiger partial charge in [0.05, 0.1) is 12.6 Å². The van der Waals surface area contributed by atoms with Gasteiger partial charge in [-0.1, -0.05) is 12.1 Å². The minimum Gasteiger partial charge on any atom is -0.497 e. The molecule has 0 spiro atoms. The third-order valence-corrected chi connectivity index (χ3v) is 5.27. The molecule has 0 bridgehead atoms. The van der Waals surface area contributed by atoms with Crippen LogP contribution in [0, 0.1) is 0 Å². The van der Waals surface area contributed by atoms with Crippen molar-refractivity contribution in [3.63, 3.8) is 0 Å². The number of rotatable bonds is 6. The van der Waals surface area contributed by atoms with Crippen LogP contribution in [0.4, 0.5) is 5.82 Å². The molecule has 0 saturated carbocycles. The number of benzene rings is 2. The maximum Gasteiger partial charge on any atom is 0.162 e. The highest BCUT2D eigenvalue weighted by atomic mass is 16.5. The summed E-state index contributed by atoms with van der Waals surface area (Å²) in [6.45, 7) is 6.41. The first-order valence-corrected chi connectivity index (χ1v) is 9.79. The zero-order valence-corrected chi connectivity index (χ0v) is 16.6. The predicted octanol–water partition coefficient (Wildman–Crippen LogP) is 2.96. The molecule has 1 fully saturated rings. The van der Waals surface area contributed by atoms with Gasteiger partial charge in [-0.3, -0.25) is 4.90 Å². The molecule has 0 amide bonds. The Balaban J connectivity index is 1.54. The van der Waals surface area contributed by atoms with E-state index in [9.17, 15) is 0 Å². The first kappa shape index (κ1) is 18.7. The van der Waals surface area contributed by atoms with Crippen LogP contribution >= 0.6 is 0 Å². The van der Waals surface area contributed by atoms with Crippen LogP contribution in [0.15, 0.2) is 48.5 Å². The van der Waals surface area contributed by atoms with E-state index in [1.165, 1.54) is 0 Å². The van der Waals surface area contributed by atoms with Crippen LogP contribution in [0.25, 0.3) is 22.3 Å². The van der Waals surface area contributed by atoms with Gasteiger partial charge in [0.2, 0.25) is 0 Å². The van der Waals surface area contributed by atoms with Crippen LogP contribution in [0.1, 0.15) is 0 Å². The lowest BCUT2D eigenvalue weighted by molar-refractivity contribution is 0.158. The van der Waals surface area contributed by atoms with Crippen LogP contribution < -0.4 is 10.1 Å². The molecule has 6 nitrogen and oxygen atoms in total. The Morgan fingerprint density at radius 3 is 2.46 bits per heavy atom. The lowest BCUT2D eigenvalue weighted by atomic mass is 10.1. The molecule has 3 aromatic rings. The molecule has 0 radical (unpaired) electrons. The topological polar surface area (TPSA) is 53.5 Å². The van der Waals surface area contributed by atoms with Crippen molar-refractivity contribution in [2.75, 3.05) is 58.7 Å². The zero-order chi connectivity index (χ0) is 19.3. The standard InChI is InChI=1S/C22H27N5O/c1-26-13-15-27(16-14-26)12-11-23-22-19-5-3-4-6-20(19)24-21(25-22)17-7-9-18(28-2)10-8-17/h3-10H,11-16H2,1-2H3,(H,23,24,25). The average molecular weight is 377 g/mol. The van der Waals surface area contributed by atoms with Crippen molar-refractivity contribution in [3.05, 3.63) is 48.5 Å². The fourth-order valence-electron chi connectivity index (χ4n) is 3.48. The number of nitrogens with one attached hydrogen (secondary N) is 1. The van der Waals surface area contributed by atoms with E-state index in [4.69, 9.17) is 14.7 Å². The second kappa shape index (κ2) is 8.54. The summed E-state index contributed by atoms with van der Waals surface area (Å²) in [5.41, 5.74) is 1.93. The summed E-state index contributed by atoms with van der Waals surface area (Å²) >= 11 is 0. The molecule has 2 aromatic carbocycles. The summed E-state index contributed by atoms with van der Waals surface area (Å²) in [6.07, 6.45) is 0. The van der Waals surface area contributed by atoms with E-state index in [1.807, 2.05) is 42.5 Å². The number of ether oxygens (including phenoxy) is 1. The SMILES string of the molecule is COc1ccc(-c2nc(NCCN3CCN(C)CC3)c3ccccc3n2)cc1. The number of aromatic nitrogens is 2. The van der Waals surface area contributed by atoms with Gasteiger partial charge >= 0.3 is 0 Å². The molecule has 1 saturated heterocycles. The van der Waals surface area contributed by atoms with Crippen molar-refractivity contribution in [2.24, 2.45) is 0 Å². The van der Waals surface area contributed by atoms with E-state index < -0.39 is 0 Å². The molecule has 1 aliphatic rings. The van der Waals surface area contributed by atoms with Crippen LogP contribution in [-0.2, 0) is 0 Å². The Hall–Kier alpha value is -2.70. The van der Waals surface area contributed by atoms with Crippen molar-refractivity contribution in [2.45, 2.75) is 0 Å². The Morgan fingerprint density at radius 1 is 0.964 bits per heavy atom. The molecule has 0 atom stereocenters. The van der Waals surface area contributed by atoms with Gasteiger partial charge in [0.1, 0.15) is 11.6 Å². The first-order valence-electron chi connectivity index (χ1n) is 9.79. The van der Waals surface area contributed by atoms with Crippen molar-refractivity contribution in [1.82, 2.24) is 19.8 Å². The highest BCUT2D eigenvalue weighted by Crippen LogP contribution is 2.26. The fourth-order valence-corrected chi connectivity index (χ4v) is 3.48. The van der Waals surface area contributed by atoms with Gasteiger partial charge in [0, 0.05) is 50.2 Å². The Labute approximate surface area is 166 Å². The van der Waals surface area contributed by atoms with Gasteiger partial charge in [-0.2, -0.15) is 0 Å². The Bertz CT molecular complexity index is 920. The second-order valence-electron chi connectivity index (χ2n) is 7.21. The number of fused-ring (bicyclic) bond motifs is 1. The molecule has 1 aliphatic heterocycles. The lowest BCUT2D eigenvalue weighted by Gasteiger charge is -2.32. The number of likely N-dealkylation sites (N-methyl/N-ethyl adjacent to an activating group) is 1. The Kier molecular flexibility index (Phi) is 5.69. The Morgan fingerprint density at radius 2 is 1.71 bits per heavy atom. The molecule has 4 rings (SSSR count). The van der Waals surface area contributed by atoms with Crippen LogP contribution in [0.5, 0.6) is 5.75 Å². The average Bonchev–Trinajstić information content (AvgIpc) is 2.75. The third kappa shape index (κ3) is 4.24. The maximum absolute atomic E-state index is 5.26. The molecule has 0 unspecified atom stereocenters. The molecular weight excluding hydrogens is 350 g/mol. The van der Waals surface area contributed by atoms with Crippen molar-refractivity contribution in [3.8, 4) is 17.1 Å². The van der Waals surface area contributed by atoms with E-state index in [0.717, 1.165) is 73.1 Å². The van der Waals surface area contributed by atoms with E-state index in [1.54, 1.807) is 7.11 Å². The summed E-state index contributed by atoms with van der Waals surface area (Å²) < 4.78 is 5.26. The summed E-state index contributed by atoms with van der Waals surface area (Å²) in [7, 11) is 3.85. The van der Waals surface area contributed by atoms with Crippen molar-refractivity contribution < 1.29 is 4.74 Å².